The van der Waals surface area contributed by atoms with Crippen LogP contribution in [-0.4, -0.2) is 52.3 Å². The number of phosphoric acid groups is 1. The van der Waals surface area contributed by atoms with Gasteiger partial charge < -0.3 is 24.4 Å². The summed E-state index contributed by atoms with van der Waals surface area (Å²) in [6.45, 7) is 3.48. The number of ether oxygens (including phenoxy) is 2. The number of esters is 2. The summed E-state index contributed by atoms with van der Waals surface area (Å²) < 4.78 is 26.2. The molecule has 3 N–H and O–H groups in total. The number of unbranched alkanes of at least 4 members (excludes halogenated alkanes) is 15. The molecule has 0 heterocycles. The second-order valence-corrected chi connectivity index (χ2v) is 14.0. The standard InChI is InChI=1S/C39H69O9P/c1-3-5-7-9-11-13-15-17-19-21-23-25-27-30-36(40)31-29-33-39(42)48-37(35-47-49(43,44)45)34-46-38(41)32-28-26-24-22-20-18-16-14-12-10-8-6-4-2/h14,16-17,19,23,25,27,30,36-37,40H,3-13,15,18,20-22,24,26,28-29,31-35H2,1-2H3,(H2,43,44,45)/b16-14-,19-17+,25-23+,30-27+/t36?,37-/m1/s1. The van der Waals surface area contributed by atoms with Crippen molar-refractivity contribution in [3.05, 3.63) is 48.6 Å². The number of hydrogen-bond donors (Lipinski definition) is 3. The highest BCUT2D eigenvalue weighted by molar-refractivity contribution is 7.46. The van der Waals surface area contributed by atoms with Crippen LogP contribution in [-0.2, 0) is 28.2 Å². The fourth-order valence-electron chi connectivity index (χ4n) is 5.02. The number of phosphoric ester groups is 1. The van der Waals surface area contributed by atoms with Crippen LogP contribution in [0, 0.1) is 0 Å². The average Bonchev–Trinajstić information content (AvgIpc) is 3.06. The lowest BCUT2D eigenvalue weighted by molar-refractivity contribution is -0.161. The molecule has 0 aromatic heterocycles. The summed E-state index contributed by atoms with van der Waals surface area (Å²) in [6.07, 6.45) is 37.2. The molecule has 2 atom stereocenters. The highest BCUT2D eigenvalue weighted by Gasteiger charge is 2.23. The molecule has 0 aromatic carbocycles. The van der Waals surface area contributed by atoms with Gasteiger partial charge >= 0.3 is 19.8 Å². The number of rotatable bonds is 34. The Bertz CT molecular complexity index is 954. The van der Waals surface area contributed by atoms with Crippen LogP contribution in [0.2, 0.25) is 0 Å². The van der Waals surface area contributed by atoms with Gasteiger partial charge in [0.2, 0.25) is 0 Å². The van der Waals surface area contributed by atoms with Crippen LogP contribution in [0.5, 0.6) is 0 Å². The van der Waals surface area contributed by atoms with Gasteiger partial charge in [0, 0.05) is 12.8 Å². The van der Waals surface area contributed by atoms with Gasteiger partial charge in [-0.3, -0.25) is 14.1 Å². The Morgan fingerprint density at radius 3 is 1.78 bits per heavy atom. The van der Waals surface area contributed by atoms with Crippen molar-refractivity contribution in [1.29, 1.82) is 0 Å². The molecule has 0 aliphatic rings. The van der Waals surface area contributed by atoms with Crippen molar-refractivity contribution in [3.63, 3.8) is 0 Å². The van der Waals surface area contributed by atoms with Gasteiger partial charge in [0.1, 0.15) is 6.61 Å². The summed E-state index contributed by atoms with van der Waals surface area (Å²) in [5.74, 6) is -1.10. The molecule has 1 unspecified atom stereocenters. The van der Waals surface area contributed by atoms with Gasteiger partial charge in [0.05, 0.1) is 12.7 Å². The van der Waals surface area contributed by atoms with Crippen molar-refractivity contribution >= 4 is 19.8 Å². The van der Waals surface area contributed by atoms with E-state index in [4.69, 9.17) is 19.3 Å². The second-order valence-electron chi connectivity index (χ2n) is 12.7. The predicted molar refractivity (Wildman–Crippen MR) is 199 cm³/mol. The molecule has 0 amide bonds. The Hall–Kier alpha value is -2.03. The largest absolute Gasteiger partial charge is 0.469 e. The molecule has 0 radical (unpaired) electrons. The zero-order chi connectivity index (χ0) is 36.3. The van der Waals surface area contributed by atoms with E-state index in [1.54, 1.807) is 12.2 Å². The van der Waals surface area contributed by atoms with Crippen molar-refractivity contribution < 1.29 is 43.0 Å². The molecule has 0 saturated heterocycles. The molecular formula is C39H69O9P. The number of allylic oxidation sites excluding steroid dienone is 7. The smallest absolute Gasteiger partial charge is 0.462 e. The fourth-order valence-corrected chi connectivity index (χ4v) is 5.38. The first-order chi connectivity index (χ1) is 23.7. The van der Waals surface area contributed by atoms with E-state index in [0.29, 0.717) is 19.3 Å². The summed E-state index contributed by atoms with van der Waals surface area (Å²) in [7, 11) is -4.80. The minimum atomic E-state index is -4.80. The first-order valence-electron chi connectivity index (χ1n) is 19.0. The zero-order valence-electron chi connectivity index (χ0n) is 30.7. The third-order valence-corrected chi connectivity index (χ3v) is 8.41. The third-order valence-electron chi connectivity index (χ3n) is 7.92. The van der Waals surface area contributed by atoms with Crippen molar-refractivity contribution in [2.75, 3.05) is 13.2 Å². The second kappa shape index (κ2) is 34.4. The SMILES string of the molecule is CCCCCC/C=C\CCCCCCCC(=O)OC[C@H](COP(=O)(O)O)OC(=O)CCCC(O)/C=C/C=C/C/C=C/CCCCCCCC. The Morgan fingerprint density at radius 1 is 0.633 bits per heavy atom. The highest BCUT2D eigenvalue weighted by Crippen LogP contribution is 2.36. The van der Waals surface area contributed by atoms with Gasteiger partial charge in [-0.2, -0.15) is 0 Å². The molecule has 0 spiro atoms. The van der Waals surface area contributed by atoms with Gasteiger partial charge in [-0.1, -0.05) is 133 Å². The first kappa shape index (κ1) is 47.0. The lowest BCUT2D eigenvalue weighted by atomic mass is 10.1. The normalized spacial score (nSPS) is 13.7. The maximum Gasteiger partial charge on any atom is 0.469 e. The summed E-state index contributed by atoms with van der Waals surface area (Å²) in [5, 5.41) is 10.2. The van der Waals surface area contributed by atoms with E-state index in [1.807, 2.05) is 12.2 Å². The molecule has 0 aliphatic carbocycles. The lowest BCUT2D eigenvalue weighted by Gasteiger charge is -2.18. The highest BCUT2D eigenvalue weighted by atomic mass is 31.2. The number of carbonyl (C=O) groups is 2. The van der Waals surface area contributed by atoms with Crippen LogP contribution in [0.1, 0.15) is 162 Å². The van der Waals surface area contributed by atoms with Crippen LogP contribution < -0.4 is 0 Å². The molecule has 0 fully saturated rings. The summed E-state index contributed by atoms with van der Waals surface area (Å²) in [5.41, 5.74) is 0. The number of hydrogen-bond acceptors (Lipinski definition) is 7. The Morgan fingerprint density at radius 2 is 1.16 bits per heavy atom. The number of aliphatic hydroxyl groups excluding tert-OH is 1. The molecule has 0 aliphatic heterocycles. The lowest BCUT2D eigenvalue weighted by Crippen LogP contribution is -2.29. The summed E-state index contributed by atoms with van der Waals surface area (Å²) in [6, 6.07) is 0. The quantitative estimate of drug-likeness (QED) is 0.0195. The van der Waals surface area contributed by atoms with Crippen LogP contribution in [0.3, 0.4) is 0 Å². The van der Waals surface area contributed by atoms with Gasteiger partial charge in [0.25, 0.3) is 0 Å². The maximum absolute atomic E-state index is 12.4. The van der Waals surface area contributed by atoms with E-state index in [2.05, 4.69) is 42.7 Å². The van der Waals surface area contributed by atoms with E-state index in [0.717, 1.165) is 51.4 Å². The monoisotopic (exact) mass is 712 g/mol. The van der Waals surface area contributed by atoms with E-state index < -0.39 is 38.6 Å². The van der Waals surface area contributed by atoms with E-state index >= 15 is 0 Å². The molecule has 9 nitrogen and oxygen atoms in total. The Balaban J connectivity index is 4.19. The molecule has 10 heteroatoms. The summed E-state index contributed by atoms with van der Waals surface area (Å²) in [4.78, 5) is 42.7. The summed E-state index contributed by atoms with van der Waals surface area (Å²) >= 11 is 0. The van der Waals surface area contributed by atoms with Gasteiger partial charge in [0.15, 0.2) is 6.10 Å². The van der Waals surface area contributed by atoms with Crippen molar-refractivity contribution in [3.8, 4) is 0 Å². The molecule has 0 bridgehead atoms. The Labute approximate surface area is 297 Å². The molecule has 49 heavy (non-hydrogen) atoms. The molecule has 0 aromatic rings. The minimum Gasteiger partial charge on any atom is -0.462 e. The van der Waals surface area contributed by atoms with E-state index in [-0.39, 0.29) is 19.4 Å². The van der Waals surface area contributed by atoms with Gasteiger partial charge in [-0.15, -0.1) is 0 Å². The maximum atomic E-state index is 12.4. The van der Waals surface area contributed by atoms with Gasteiger partial charge in [-0.05, 0) is 64.2 Å². The zero-order valence-corrected chi connectivity index (χ0v) is 31.6. The average molecular weight is 713 g/mol. The van der Waals surface area contributed by atoms with E-state index in [1.165, 1.54) is 64.2 Å². The van der Waals surface area contributed by atoms with Crippen molar-refractivity contribution in [2.24, 2.45) is 0 Å². The van der Waals surface area contributed by atoms with Gasteiger partial charge in [-0.25, -0.2) is 4.57 Å². The fraction of sp³-hybridized carbons (Fsp3) is 0.744. The molecular weight excluding hydrogens is 643 g/mol. The van der Waals surface area contributed by atoms with Crippen molar-refractivity contribution in [2.45, 2.75) is 174 Å². The molecule has 0 saturated carbocycles. The van der Waals surface area contributed by atoms with Crippen LogP contribution in [0.4, 0.5) is 0 Å². The number of aliphatic hydroxyl groups is 1. The van der Waals surface area contributed by atoms with Crippen LogP contribution in [0.15, 0.2) is 48.6 Å². The van der Waals surface area contributed by atoms with Crippen LogP contribution in [0.25, 0.3) is 0 Å². The first-order valence-corrected chi connectivity index (χ1v) is 20.6. The van der Waals surface area contributed by atoms with E-state index in [9.17, 15) is 19.3 Å². The predicted octanol–water partition coefficient (Wildman–Crippen LogP) is 10.1. The topological polar surface area (TPSA) is 140 Å². The minimum absolute atomic E-state index is 0.0146. The molecule has 284 valence electrons. The number of carbonyl (C=O) groups excluding carboxylic acids is 2. The third kappa shape index (κ3) is 37.1. The van der Waals surface area contributed by atoms with Crippen LogP contribution >= 0.6 is 7.82 Å². The Kier molecular flexibility index (Phi) is 33.0. The van der Waals surface area contributed by atoms with Crippen molar-refractivity contribution in [1.82, 2.24) is 0 Å². The molecule has 0 rings (SSSR count).